The molecule has 0 unspecified atom stereocenters. The smallest absolute Gasteiger partial charge is 0.149 e. The first-order valence-corrected chi connectivity index (χ1v) is 5.64. The van der Waals surface area contributed by atoms with Crippen molar-refractivity contribution in [2.24, 2.45) is 5.73 Å². The van der Waals surface area contributed by atoms with E-state index in [9.17, 15) is 8.78 Å². The molecule has 2 nitrogen and oxygen atoms in total. The summed E-state index contributed by atoms with van der Waals surface area (Å²) in [5, 5.41) is 3.06. The molecule has 4 heteroatoms. The number of nitrogens with one attached hydrogen (secondary N) is 1. The van der Waals surface area contributed by atoms with E-state index in [1.54, 1.807) is 0 Å². The zero-order valence-electron chi connectivity index (χ0n) is 9.05. The van der Waals surface area contributed by atoms with E-state index >= 15 is 0 Å². The molecule has 1 aliphatic rings. The van der Waals surface area contributed by atoms with Crippen LogP contribution in [0.4, 0.5) is 14.5 Å². The van der Waals surface area contributed by atoms with Gasteiger partial charge in [0.25, 0.3) is 0 Å². The van der Waals surface area contributed by atoms with Crippen LogP contribution in [0.25, 0.3) is 0 Å². The van der Waals surface area contributed by atoms with Crippen LogP contribution in [-0.4, -0.2) is 12.1 Å². The van der Waals surface area contributed by atoms with Crippen molar-refractivity contribution in [1.82, 2.24) is 0 Å². The van der Waals surface area contributed by atoms with Crippen LogP contribution in [0, 0.1) is 11.6 Å². The lowest BCUT2D eigenvalue weighted by molar-refractivity contribution is 0.402. The van der Waals surface area contributed by atoms with E-state index in [1.165, 1.54) is 12.1 Å². The summed E-state index contributed by atoms with van der Waals surface area (Å²) in [7, 11) is 0. The summed E-state index contributed by atoms with van der Waals surface area (Å²) < 4.78 is 26.1. The van der Waals surface area contributed by atoms with E-state index in [0.717, 1.165) is 31.7 Å². The fraction of sp³-hybridized carbons (Fsp3) is 0.500. The second-order valence-corrected chi connectivity index (χ2v) is 4.32. The summed E-state index contributed by atoms with van der Waals surface area (Å²) >= 11 is 0. The van der Waals surface area contributed by atoms with Crippen molar-refractivity contribution in [3.8, 4) is 0 Å². The lowest BCUT2D eigenvalue weighted by atomic mass is 9.91. The third-order valence-electron chi connectivity index (χ3n) is 3.09. The molecule has 1 aromatic rings. The molecule has 1 aliphatic carbocycles. The first-order valence-electron chi connectivity index (χ1n) is 5.64. The number of rotatable bonds is 2. The maximum atomic E-state index is 13.4. The Labute approximate surface area is 93.8 Å². The molecule has 0 spiro atoms. The summed E-state index contributed by atoms with van der Waals surface area (Å²) in [6, 6.07) is 3.70. The molecule has 0 radical (unpaired) electrons. The minimum absolute atomic E-state index is 0.0539. The molecular weight excluding hydrogens is 210 g/mol. The Kier molecular flexibility index (Phi) is 3.39. The van der Waals surface area contributed by atoms with Crippen molar-refractivity contribution in [3.63, 3.8) is 0 Å². The minimum Gasteiger partial charge on any atom is -0.378 e. The molecule has 2 atom stereocenters. The highest BCUT2D eigenvalue weighted by atomic mass is 19.1. The monoisotopic (exact) mass is 226 g/mol. The first-order chi connectivity index (χ1) is 7.66. The quantitative estimate of drug-likeness (QED) is 0.813. The van der Waals surface area contributed by atoms with Crippen molar-refractivity contribution in [2.45, 2.75) is 37.8 Å². The molecule has 0 aliphatic heterocycles. The summed E-state index contributed by atoms with van der Waals surface area (Å²) in [6.45, 7) is 0. The van der Waals surface area contributed by atoms with E-state index in [0.29, 0.717) is 5.69 Å². The number of anilines is 1. The molecule has 1 saturated carbocycles. The highest BCUT2D eigenvalue weighted by Crippen LogP contribution is 2.23. The van der Waals surface area contributed by atoms with Crippen LogP contribution >= 0.6 is 0 Å². The van der Waals surface area contributed by atoms with Gasteiger partial charge in [0.2, 0.25) is 0 Å². The Bertz CT molecular complexity index is 368. The van der Waals surface area contributed by atoms with Crippen LogP contribution < -0.4 is 11.1 Å². The molecule has 0 amide bonds. The van der Waals surface area contributed by atoms with Gasteiger partial charge in [0.1, 0.15) is 11.6 Å². The second kappa shape index (κ2) is 4.78. The van der Waals surface area contributed by atoms with E-state index in [2.05, 4.69) is 5.32 Å². The Morgan fingerprint density at radius 3 is 2.62 bits per heavy atom. The second-order valence-electron chi connectivity index (χ2n) is 4.32. The molecule has 0 heterocycles. The van der Waals surface area contributed by atoms with Gasteiger partial charge >= 0.3 is 0 Å². The maximum absolute atomic E-state index is 13.4. The maximum Gasteiger partial charge on any atom is 0.149 e. The standard InChI is InChI=1S/C12H16F2N2/c13-8-5-6-11(9(14)7-8)16-12-4-2-1-3-10(12)15/h5-7,10,12,16H,1-4,15H2/t10-,12-/m0/s1. The third-order valence-corrected chi connectivity index (χ3v) is 3.09. The van der Waals surface area contributed by atoms with Crippen LogP contribution in [0.2, 0.25) is 0 Å². The zero-order chi connectivity index (χ0) is 11.5. The number of hydrogen-bond donors (Lipinski definition) is 2. The largest absolute Gasteiger partial charge is 0.378 e. The average Bonchev–Trinajstić information content (AvgIpc) is 2.25. The van der Waals surface area contributed by atoms with Gasteiger partial charge in [-0.15, -0.1) is 0 Å². The fourth-order valence-electron chi connectivity index (χ4n) is 2.15. The SMILES string of the molecule is N[C@H]1CCCC[C@@H]1Nc1ccc(F)cc1F. The van der Waals surface area contributed by atoms with Crippen LogP contribution in [0.15, 0.2) is 18.2 Å². The van der Waals surface area contributed by atoms with Crippen molar-refractivity contribution < 1.29 is 8.78 Å². The summed E-state index contributed by atoms with van der Waals surface area (Å²) in [5.74, 6) is -1.12. The van der Waals surface area contributed by atoms with Crippen molar-refractivity contribution in [1.29, 1.82) is 0 Å². The Morgan fingerprint density at radius 2 is 1.94 bits per heavy atom. The molecule has 88 valence electrons. The fourth-order valence-corrected chi connectivity index (χ4v) is 2.15. The molecule has 3 N–H and O–H groups in total. The number of benzene rings is 1. The summed E-state index contributed by atoms with van der Waals surface area (Å²) in [4.78, 5) is 0. The van der Waals surface area contributed by atoms with Gasteiger partial charge in [-0.2, -0.15) is 0 Å². The molecule has 0 aromatic heterocycles. The third kappa shape index (κ3) is 2.50. The van der Waals surface area contributed by atoms with E-state index < -0.39 is 11.6 Å². The predicted molar refractivity (Wildman–Crippen MR) is 60.2 cm³/mol. The van der Waals surface area contributed by atoms with Gasteiger partial charge < -0.3 is 11.1 Å². The van der Waals surface area contributed by atoms with Gasteiger partial charge in [-0.3, -0.25) is 0 Å². The summed E-state index contributed by atoms with van der Waals surface area (Å²) in [6.07, 6.45) is 4.14. The zero-order valence-corrected chi connectivity index (χ0v) is 9.05. The van der Waals surface area contributed by atoms with Gasteiger partial charge in [0.05, 0.1) is 5.69 Å². The number of nitrogens with two attached hydrogens (primary N) is 1. The molecule has 16 heavy (non-hydrogen) atoms. The Balaban J connectivity index is 2.07. The Morgan fingerprint density at radius 1 is 1.19 bits per heavy atom. The molecule has 2 rings (SSSR count). The molecule has 1 aromatic carbocycles. The normalized spacial score (nSPS) is 25.4. The van der Waals surface area contributed by atoms with Gasteiger partial charge in [-0.05, 0) is 25.0 Å². The van der Waals surface area contributed by atoms with E-state index in [1.807, 2.05) is 0 Å². The number of halogens is 2. The highest BCUT2D eigenvalue weighted by molar-refractivity contribution is 5.46. The lowest BCUT2D eigenvalue weighted by Gasteiger charge is -2.30. The average molecular weight is 226 g/mol. The van der Waals surface area contributed by atoms with Crippen molar-refractivity contribution in [2.75, 3.05) is 5.32 Å². The van der Waals surface area contributed by atoms with Gasteiger partial charge in [-0.25, -0.2) is 8.78 Å². The van der Waals surface area contributed by atoms with Crippen molar-refractivity contribution in [3.05, 3.63) is 29.8 Å². The summed E-state index contributed by atoms with van der Waals surface area (Å²) in [5.41, 5.74) is 6.28. The number of hydrogen-bond acceptors (Lipinski definition) is 2. The first kappa shape index (κ1) is 11.3. The van der Waals surface area contributed by atoms with Crippen LogP contribution in [0.1, 0.15) is 25.7 Å². The van der Waals surface area contributed by atoms with Crippen molar-refractivity contribution >= 4 is 5.69 Å². The van der Waals surface area contributed by atoms with Gasteiger partial charge in [0, 0.05) is 18.2 Å². The lowest BCUT2D eigenvalue weighted by Crippen LogP contribution is -2.42. The minimum atomic E-state index is -0.559. The van der Waals surface area contributed by atoms with Crippen LogP contribution in [0.5, 0.6) is 0 Å². The molecule has 0 saturated heterocycles. The highest BCUT2D eigenvalue weighted by Gasteiger charge is 2.22. The van der Waals surface area contributed by atoms with E-state index in [-0.39, 0.29) is 12.1 Å². The van der Waals surface area contributed by atoms with Crippen LogP contribution in [0.3, 0.4) is 0 Å². The van der Waals surface area contributed by atoms with Crippen LogP contribution in [-0.2, 0) is 0 Å². The van der Waals surface area contributed by atoms with Gasteiger partial charge in [-0.1, -0.05) is 12.8 Å². The molecule has 1 fully saturated rings. The molecule has 0 bridgehead atoms. The predicted octanol–water partition coefficient (Wildman–Crippen LogP) is 2.65. The Hall–Kier alpha value is -1.16. The molecular formula is C12H16F2N2. The van der Waals surface area contributed by atoms with Gasteiger partial charge in [0.15, 0.2) is 0 Å². The van der Waals surface area contributed by atoms with E-state index in [4.69, 9.17) is 5.73 Å². The topological polar surface area (TPSA) is 38.0 Å².